The number of fused-ring (bicyclic) bond motifs is 1. The number of phenolic OH excluding ortho intramolecular Hbond substituents is 1. The van der Waals surface area contributed by atoms with Crippen molar-refractivity contribution in [1.29, 1.82) is 0 Å². The molecule has 0 bridgehead atoms. The second-order valence-corrected chi connectivity index (χ2v) is 7.15. The quantitative estimate of drug-likeness (QED) is 0.585. The maximum atomic E-state index is 12.2. The van der Waals surface area contributed by atoms with Gasteiger partial charge in [0, 0.05) is 46.7 Å². The first kappa shape index (κ1) is 16.8. The molecule has 1 aliphatic heterocycles. The third-order valence-electron chi connectivity index (χ3n) is 5.05. The lowest BCUT2D eigenvalue weighted by Crippen LogP contribution is -2.21. The van der Waals surface area contributed by atoms with Gasteiger partial charge in [0.2, 0.25) is 0 Å². The summed E-state index contributed by atoms with van der Waals surface area (Å²) in [6, 6.07) is 9.11. The normalized spacial score (nSPS) is 16.4. The Morgan fingerprint density at radius 2 is 2.04 bits per heavy atom. The highest BCUT2D eigenvalue weighted by Gasteiger charge is 2.18. The fourth-order valence-electron chi connectivity index (χ4n) is 3.57. The minimum atomic E-state index is -1.03. The van der Waals surface area contributed by atoms with Crippen LogP contribution in [0.4, 0.5) is 5.69 Å². The van der Waals surface area contributed by atoms with Gasteiger partial charge in [0.25, 0.3) is 0 Å². The number of ketones is 1. The summed E-state index contributed by atoms with van der Waals surface area (Å²) in [7, 11) is 0. The molecule has 4 heteroatoms. The van der Waals surface area contributed by atoms with Crippen LogP contribution >= 0.6 is 0 Å². The van der Waals surface area contributed by atoms with Crippen LogP contribution < -0.4 is 4.90 Å². The number of pyridine rings is 1. The Morgan fingerprint density at radius 1 is 1.19 bits per heavy atom. The van der Waals surface area contributed by atoms with Gasteiger partial charge in [0.15, 0.2) is 0 Å². The zero-order valence-electron chi connectivity index (χ0n) is 17.8. The Labute approximate surface area is 165 Å². The number of benzene rings is 1. The van der Waals surface area contributed by atoms with Crippen LogP contribution in [0.25, 0.3) is 0 Å². The number of phenols is 1. The highest BCUT2D eigenvalue weighted by Crippen LogP contribution is 2.30. The van der Waals surface area contributed by atoms with Gasteiger partial charge in [0.05, 0.1) is 0 Å². The third kappa shape index (κ3) is 6.09. The predicted molar refractivity (Wildman–Crippen MR) is 109 cm³/mol. The number of carbonyl (C=O) groups is 1. The molecule has 3 rings (SSSR count). The number of rotatable bonds is 11. The molecule has 2 heterocycles. The van der Waals surface area contributed by atoms with Gasteiger partial charge < -0.3 is 10.0 Å². The number of unbranched alkanes of at least 4 members (excludes halogenated alkanes) is 4. The van der Waals surface area contributed by atoms with E-state index in [1.54, 1.807) is 30.6 Å². The van der Waals surface area contributed by atoms with E-state index in [1.165, 1.54) is 11.3 Å². The van der Waals surface area contributed by atoms with E-state index in [0.29, 0.717) is 17.7 Å². The number of hydrogen-bond donors (Lipinski definition) is 1. The smallest absolute Gasteiger partial charge is 0.133 e. The Balaban J connectivity index is 1.28. The van der Waals surface area contributed by atoms with Crippen molar-refractivity contribution in [3.8, 4) is 5.75 Å². The van der Waals surface area contributed by atoms with Gasteiger partial charge in [0.1, 0.15) is 11.5 Å². The summed E-state index contributed by atoms with van der Waals surface area (Å²) in [6.07, 6.45) is 7.78. The van der Waals surface area contributed by atoms with Crippen molar-refractivity contribution in [2.24, 2.45) is 0 Å². The SMILES string of the molecule is [2H]C(C(=O)CCCCCCCN1CCc2cc(O)ccc21)C([2H])c1cccnc1. The number of aromatic nitrogens is 1. The summed E-state index contributed by atoms with van der Waals surface area (Å²) >= 11 is 0. The maximum absolute atomic E-state index is 12.2. The van der Waals surface area contributed by atoms with Gasteiger partial charge in [-0.1, -0.05) is 25.3 Å². The van der Waals surface area contributed by atoms with Crippen LogP contribution in [-0.2, 0) is 17.6 Å². The molecule has 1 aromatic heterocycles. The lowest BCUT2D eigenvalue weighted by molar-refractivity contribution is -0.119. The average Bonchev–Trinajstić information content (AvgIpc) is 3.14. The van der Waals surface area contributed by atoms with E-state index in [9.17, 15) is 9.90 Å². The van der Waals surface area contributed by atoms with Crippen molar-refractivity contribution in [3.05, 3.63) is 53.9 Å². The van der Waals surface area contributed by atoms with E-state index in [1.807, 2.05) is 12.1 Å². The Bertz CT molecular complexity index is 801. The van der Waals surface area contributed by atoms with Crippen LogP contribution in [0.3, 0.4) is 0 Å². The molecule has 144 valence electrons. The number of anilines is 1. The lowest BCUT2D eigenvalue weighted by atomic mass is 10.0. The number of carbonyl (C=O) groups excluding carboxylic acids is 1. The van der Waals surface area contributed by atoms with Crippen LogP contribution in [0.15, 0.2) is 42.7 Å². The summed E-state index contributed by atoms with van der Waals surface area (Å²) in [5.74, 6) is 0.193. The van der Waals surface area contributed by atoms with Crippen molar-refractivity contribution < 1.29 is 12.6 Å². The highest BCUT2D eigenvalue weighted by molar-refractivity contribution is 5.78. The van der Waals surface area contributed by atoms with Crippen molar-refractivity contribution in [1.82, 2.24) is 4.98 Å². The van der Waals surface area contributed by atoms with Crippen LogP contribution in [0.5, 0.6) is 5.75 Å². The van der Waals surface area contributed by atoms with Crippen molar-refractivity contribution in [3.63, 3.8) is 0 Å². The summed E-state index contributed by atoms with van der Waals surface area (Å²) < 4.78 is 16.1. The summed E-state index contributed by atoms with van der Waals surface area (Å²) in [6.45, 7) is 2.04. The van der Waals surface area contributed by atoms with E-state index in [0.717, 1.165) is 51.6 Å². The minimum absolute atomic E-state index is 0.147. The molecule has 0 radical (unpaired) electrons. The number of hydrogen-bond acceptors (Lipinski definition) is 4. The molecule has 0 aliphatic carbocycles. The molecule has 1 aromatic carbocycles. The number of aryl methyl sites for hydroxylation is 1. The topological polar surface area (TPSA) is 53.4 Å². The molecule has 0 spiro atoms. The molecule has 0 saturated carbocycles. The molecule has 2 unspecified atom stereocenters. The molecule has 4 nitrogen and oxygen atoms in total. The molecule has 2 atom stereocenters. The first-order chi connectivity index (χ1) is 14.1. The number of nitrogens with zero attached hydrogens (tertiary/aromatic N) is 2. The van der Waals surface area contributed by atoms with E-state index >= 15 is 0 Å². The van der Waals surface area contributed by atoms with Gasteiger partial charge in [-0.2, -0.15) is 0 Å². The fraction of sp³-hybridized carbons (Fsp3) is 0.478. The zero-order valence-corrected chi connectivity index (χ0v) is 15.8. The molecule has 1 N–H and O–H groups in total. The molecule has 0 fully saturated rings. The molecular weight excluding hydrogens is 336 g/mol. The number of Topliss-reactive ketones (excluding diaryl/α,β-unsaturated/α-hetero) is 1. The lowest BCUT2D eigenvalue weighted by Gasteiger charge is -2.19. The van der Waals surface area contributed by atoms with Crippen LogP contribution in [0.1, 0.15) is 58.8 Å². The van der Waals surface area contributed by atoms with Crippen LogP contribution in [-0.4, -0.2) is 29.0 Å². The Morgan fingerprint density at radius 3 is 2.89 bits per heavy atom. The molecule has 0 saturated heterocycles. The predicted octanol–water partition coefficient (Wildman–Crippen LogP) is 4.69. The van der Waals surface area contributed by atoms with Gasteiger partial charge in [-0.3, -0.25) is 9.78 Å². The van der Waals surface area contributed by atoms with Crippen molar-refractivity contribution in [2.75, 3.05) is 18.0 Å². The molecule has 2 aromatic rings. The fourth-order valence-corrected chi connectivity index (χ4v) is 3.57. The maximum Gasteiger partial charge on any atom is 0.133 e. The first-order valence-corrected chi connectivity index (χ1v) is 9.90. The van der Waals surface area contributed by atoms with E-state index in [2.05, 4.69) is 9.88 Å². The van der Waals surface area contributed by atoms with Gasteiger partial charge in [-0.05, 0) is 61.1 Å². The second-order valence-electron chi connectivity index (χ2n) is 7.15. The molecular formula is C23H30N2O2. The monoisotopic (exact) mass is 368 g/mol. The summed E-state index contributed by atoms with van der Waals surface area (Å²) in [5, 5.41) is 9.57. The first-order valence-electron chi connectivity index (χ1n) is 11.1. The molecule has 27 heavy (non-hydrogen) atoms. The zero-order chi connectivity index (χ0) is 20.6. The van der Waals surface area contributed by atoms with Gasteiger partial charge in [-0.25, -0.2) is 0 Å². The van der Waals surface area contributed by atoms with E-state index < -0.39 is 12.8 Å². The third-order valence-corrected chi connectivity index (χ3v) is 5.05. The van der Waals surface area contributed by atoms with Crippen molar-refractivity contribution >= 4 is 11.5 Å². The average molecular weight is 369 g/mol. The second kappa shape index (κ2) is 10.1. The largest absolute Gasteiger partial charge is 0.508 e. The minimum Gasteiger partial charge on any atom is -0.508 e. The van der Waals surface area contributed by atoms with Crippen LogP contribution in [0, 0.1) is 0 Å². The Hall–Kier alpha value is -2.36. The molecule has 0 amide bonds. The summed E-state index contributed by atoms with van der Waals surface area (Å²) in [4.78, 5) is 18.6. The van der Waals surface area contributed by atoms with Crippen molar-refractivity contribution in [2.45, 2.75) is 57.7 Å². The standard InChI is InChI=1S/C23H30N2O2/c26-21(10-9-19-7-6-14-24-18-19)8-4-2-1-3-5-15-25-16-13-20-17-22(27)11-12-23(20)25/h6-7,11-12,14,17-18,27H,1-5,8-10,13,15-16H2/i9D,10D. The van der Waals surface area contributed by atoms with E-state index in [4.69, 9.17) is 2.74 Å². The van der Waals surface area contributed by atoms with Crippen LogP contribution in [0.2, 0.25) is 0 Å². The van der Waals surface area contributed by atoms with E-state index in [-0.39, 0.29) is 5.78 Å². The van der Waals surface area contributed by atoms with Gasteiger partial charge >= 0.3 is 0 Å². The Kier molecular flexibility index (Phi) is 6.28. The summed E-state index contributed by atoms with van der Waals surface area (Å²) in [5.41, 5.74) is 3.10. The van der Waals surface area contributed by atoms with Gasteiger partial charge in [-0.15, -0.1) is 0 Å². The highest BCUT2D eigenvalue weighted by atomic mass is 16.3. The molecule has 1 aliphatic rings. The number of aromatic hydroxyl groups is 1.